The zero-order valence-corrected chi connectivity index (χ0v) is 15.0. The van der Waals surface area contributed by atoms with Crippen molar-refractivity contribution in [2.45, 2.75) is 55.5 Å². The molecular formula is C20H22O2Se. The zero-order chi connectivity index (χ0) is 15.4. The third kappa shape index (κ3) is 2.21. The van der Waals surface area contributed by atoms with E-state index >= 15 is 0 Å². The third-order valence-corrected chi connectivity index (χ3v) is 9.18. The molecule has 2 heterocycles. The van der Waals surface area contributed by atoms with Crippen molar-refractivity contribution in [3.05, 3.63) is 42.0 Å². The van der Waals surface area contributed by atoms with Crippen LogP contribution < -0.4 is 4.46 Å². The fourth-order valence-corrected chi connectivity index (χ4v) is 8.28. The van der Waals surface area contributed by atoms with Gasteiger partial charge in [0.05, 0.1) is 0 Å². The van der Waals surface area contributed by atoms with Crippen LogP contribution in [0.5, 0.6) is 0 Å². The van der Waals surface area contributed by atoms with E-state index in [1.54, 1.807) is 0 Å². The number of fused-ring (bicyclic) bond motifs is 1. The van der Waals surface area contributed by atoms with E-state index in [1.807, 2.05) is 6.08 Å². The fourth-order valence-electron chi connectivity index (χ4n) is 5.40. The molecule has 4 aliphatic rings. The minimum absolute atomic E-state index is 0.199. The SMILES string of the molecule is O=C1C=C2CCC3CC4OC3C2(CC1)CC4[Se]c1ccccc1. The molecule has 0 aromatic heterocycles. The summed E-state index contributed by atoms with van der Waals surface area (Å²) in [5.41, 5.74) is 1.63. The Hall–Kier alpha value is -0.891. The van der Waals surface area contributed by atoms with Gasteiger partial charge < -0.3 is 0 Å². The fraction of sp³-hybridized carbons (Fsp3) is 0.550. The maximum absolute atomic E-state index is 11.9. The van der Waals surface area contributed by atoms with Gasteiger partial charge in [0.15, 0.2) is 0 Å². The van der Waals surface area contributed by atoms with Crippen LogP contribution in [0.4, 0.5) is 0 Å². The average Bonchev–Trinajstić information content (AvgIpc) is 2.98. The summed E-state index contributed by atoms with van der Waals surface area (Å²) in [7, 11) is 0. The van der Waals surface area contributed by atoms with Crippen molar-refractivity contribution in [1.29, 1.82) is 0 Å². The van der Waals surface area contributed by atoms with Gasteiger partial charge in [-0.25, -0.2) is 0 Å². The van der Waals surface area contributed by atoms with Gasteiger partial charge in [-0.2, -0.15) is 0 Å². The van der Waals surface area contributed by atoms with Crippen LogP contribution in [0.25, 0.3) is 0 Å². The normalized spacial score (nSPS) is 41.4. The Morgan fingerprint density at radius 1 is 1.17 bits per heavy atom. The molecule has 1 spiro atoms. The first kappa shape index (κ1) is 14.5. The summed E-state index contributed by atoms with van der Waals surface area (Å²) in [4.78, 5) is 12.6. The predicted octanol–water partition coefficient (Wildman–Crippen LogP) is 3.05. The molecule has 3 heteroatoms. The molecule has 5 atom stereocenters. The molecule has 3 fully saturated rings. The Bertz CT molecular complexity index is 667. The van der Waals surface area contributed by atoms with Crippen molar-refractivity contribution in [2.75, 3.05) is 0 Å². The van der Waals surface area contributed by atoms with Gasteiger partial charge in [-0.3, -0.25) is 0 Å². The molecule has 5 unspecified atom stereocenters. The molecule has 2 saturated heterocycles. The summed E-state index contributed by atoms with van der Waals surface area (Å²) < 4.78 is 8.10. The number of benzene rings is 1. The summed E-state index contributed by atoms with van der Waals surface area (Å²) in [6, 6.07) is 10.9. The number of ether oxygens (including phenoxy) is 1. The number of hydrogen-bond acceptors (Lipinski definition) is 2. The Morgan fingerprint density at radius 3 is 2.91 bits per heavy atom. The molecule has 0 amide bonds. The number of hydrogen-bond donors (Lipinski definition) is 0. The van der Waals surface area contributed by atoms with E-state index in [0.717, 1.165) is 25.2 Å². The minimum atomic E-state index is 0.199. The van der Waals surface area contributed by atoms with Crippen LogP contribution in [-0.4, -0.2) is 32.9 Å². The molecule has 120 valence electrons. The quantitative estimate of drug-likeness (QED) is 0.745. The predicted molar refractivity (Wildman–Crippen MR) is 91.0 cm³/mol. The second kappa shape index (κ2) is 5.31. The molecule has 2 aliphatic carbocycles. The Kier molecular flexibility index (Phi) is 3.33. The van der Waals surface area contributed by atoms with Gasteiger partial charge in [0.25, 0.3) is 0 Å². The van der Waals surface area contributed by atoms with Crippen molar-refractivity contribution in [3.8, 4) is 0 Å². The molecule has 2 aliphatic heterocycles. The van der Waals surface area contributed by atoms with Crippen molar-refractivity contribution in [3.63, 3.8) is 0 Å². The van der Waals surface area contributed by atoms with Crippen molar-refractivity contribution < 1.29 is 9.53 Å². The van der Waals surface area contributed by atoms with Gasteiger partial charge in [0.2, 0.25) is 0 Å². The van der Waals surface area contributed by atoms with Crippen molar-refractivity contribution >= 4 is 25.2 Å². The summed E-state index contributed by atoms with van der Waals surface area (Å²) in [5.74, 6) is 1.08. The van der Waals surface area contributed by atoms with Crippen LogP contribution in [0.3, 0.4) is 0 Å². The van der Waals surface area contributed by atoms with Crippen LogP contribution >= 0.6 is 0 Å². The van der Waals surface area contributed by atoms with E-state index in [2.05, 4.69) is 30.3 Å². The second-order valence-electron chi connectivity index (χ2n) is 7.60. The standard InChI is InChI=1S/C20H22O2Se/c21-15-8-9-20-12-18(23-16-4-2-1-3-5-16)17-10-13(19(20)22-17)6-7-14(20)11-15/h1-5,11,13,17-19H,6-10,12H2. The van der Waals surface area contributed by atoms with E-state index in [1.165, 1.54) is 29.3 Å². The summed E-state index contributed by atoms with van der Waals surface area (Å²) in [6.07, 6.45) is 9.50. The van der Waals surface area contributed by atoms with E-state index in [4.69, 9.17) is 4.74 Å². The van der Waals surface area contributed by atoms with Crippen LogP contribution in [0.2, 0.25) is 4.82 Å². The first-order valence-electron chi connectivity index (χ1n) is 8.86. The molecule has 1 saturated carbocycles. The molecular weight excluding hydrogens is 351 g/mol. The van der Waals surface area contributed by atoms with Gasteiger partial charge in [-0.15, -0.1) is 0 Å². The number of allylic oxidation sites excluding steroid dienone is 1. The van der Waals surface area contributed by atoms with Gasteiger partial charge in [0.1, 0.15) is 0 Å². The van der Waals surface area contributed by atoms with E-state index in [-0.39, 0.29) is 5.41 Å². The topological polar surface area (TPSA) is 26.3 Å². The Labute approximate surface area is 143 Å². The van der Waals surface area contributed by atoms with Crippen LogP contribution in [0.15, 0.2) is 42.0 Å². The summed E-state index contributed by atoms with van der Waals surface area (Å²) >= 11 is 0.468. The average molecular weight is 373 g/mol. The maximum atomic E-state index is 11.9. The summed E-state index contributed by atoms with van der Waals surface area (Å²) in [5, 5.41) is 0. The molecule has 5 rings (SSSR count). The van der Waals surface area contributed by atoms with Gasteiger partial charge in [-0.1, -0.05) is 0 Å². The van der Waals surface area contributed by atoms with E-state index < -0.39 is 0 Å². The first-order valence-corrected chi connectivity index (χ1v) is 10.7. The number of carbonyl (C=O) groups is 1. The molecule has 0 radical (unpaired) electrons. The second-order valence-corrected chi connectivity index (χ2v) is 10.3. The van der Waals surface area contributed by atoms with Crippen LogP contribution in [-0.2, 0) is 9.53 Å². The molecule has 0 N–H and O–H groups in total. The van der Waals surface area contributed by atoms with Gasteiger partial charge in [0, 0.05) is 0 Å². The Balaban J connectivity index is 1.50. The first-order chi connectivity index (χ1) is 11.2. The van der Waals surface area contributed by atoms with Crippen LogP contribution in [0, 0.1) is 11.3 Å². The van der Waals surface area contributed by atoms with Gasteiger partial charge in [-0.05, 0) is 0 Å². The Morgan fingerprint density at radius 2 is 2.04 bits per heavy atom. The summed E-state index contributed by atoms with van der Waals surface area (Å²) in [6.45, 7) is 0. The molecule has 2 bridgehead atoms. The van der Waals surface area contributed by atoms with Crippen molar-refractivity contribution in [1.82, 2.24) is 0 Å². The molecule has 1 aromatic rings. The van der Waals surface area contributed by atoms with E-state index in [9.17, 15) is 4.79 Å². The van der Waals surface area contributed by atoms with E-state index in [0.29, 0.717) is 37.8 Å². The van der Waals surface area contributed by atoms with Gasteiger partial charge >= 0.3 is 144 Å². The van der Waals surface area contributed by atoms with Crippen molar-refractivity contribution in [2.24, 2.45) is 11.3 Å². The third-order valence-electron chi connectivity index (χ3n) is 6.42. The monoisotopic (exact) mass is 374 g/mol. The molecule has 23 heavy (non-hydrogen) atoms. The molecule has 1 aromatic carbocycles. The van der Waals surface area contributed by atoms with Crippen LogP contribution in [0.1, 0.15) is 38.5 Å². The number of rotatable bonds is 2. The number of ketones is 1. The number of carbonyl (C=O) groups excluding carboxylic acids is 1. The molecule has 2 nitrogen and oxygen atoms in total. The zero-order valence-electron chi connectivity index (χ0n) is 13.2.